The maximum Gasteiger partial charge on any atom is 0.0526 e. The second-order valence-corrected chi connectivity index (χ2v) is 7.76. The van der Waals surface area contributed by atoms with E-state index in [-0.39, 0.29) is 0 Å². The van der Waals surface area contributed by atoms with Crippen molar-refractivity contribution < 1.29 is 0 Å². The number of nitrogens with one attached hydrogen (secondary N) is 1. The quantitative estimate of drug-likeness (QED) is 0.885. The van der Waals surface area contributed by atoms with Gasteiger partial charge in [-0.3, -0.25) is 4.98 Å². The molecule has 4 bridgehead atoms. The third-order valence-electron chi connectivity index (χ3n) is 6.07. The summed E-state index contributed by atoms with van der Waals surface area (Å²) in [5.74, 6) is 1.88. The molecule has 0 saturated heterocycles. The van der Waals surface area contributed by atoms with E-state index in [1.807, 2.05) is 18.5 Å². The van der Waals surface area contributed by atoms with Crippen LogP contribution in [0.15, 0.2) is 24.5 Å². The van der Waals surface area contributed by atoms with Crippen LogP contribution in [0.25, 0.3) is 0 Å². The molecular weight excluding hydrogens is 246 g/mol. The highest BCUT2D eigenvalue weighted by atomic mass is 14.9. The molecule has 0 radical (unpaired) electrons. The van der Waals surface area contributed by atoms with E-state index in [1.165, 1.54) is 38.5 Å². The minimum absolute atomic E-state index is 0.473. The number of hydrogen-bond donors (Lipinski definition) is 2. The maximum absolute atomic E-state index is 6.16. The van der Waals surface area contributed by atoms with Crippen molar-refractivity contribution in [3.05, 3.63) is 24.5 Å². The second-order valence-electron chi connectivity index (χ2n) is 7.76. The monoisotopic (exact) mass is 271 g/mol. The molecule has 20 heavy (non-hydrogen) atoms. The van der Waals surface area contributed by atoms with Crippen molar-refractivity contribution in [1.82, 2.24) is 4.98 Å². The molecule has 3 N–H and O–H groups in total. The Morgan fingerprint density at radius 3 is 2.60 bits per heavy atom. The van der Waals surface area contributed by atoms with Gasteiger partial charge in [-0.25, -0.2) is 0 Å². The van der Waals surface area contributed by atoms with E-state index in [4.69, 9.17) is 5.73 Å². The lowest BCUT2D eigenvalue weighted by molar-refractivity contribution is -0.0989. The normalized spacial score (nSPS) is 41.9. The fraction of sp³-hybridized carbons (Fsp3) is 0.706. The summed E-state index contributed by atoms with van der Waals surface area (Å²) in [5, 5.41) is 3.64. The van der Waals surface area contributed by atoms with Crippen molar-refractivity contribution >= 4 is 5.69 Å². The predicted octanol–water partition coefficient (Wildman–Crippen LogP) is 3.04. The van der Waals surface area contributed by atoms with E-state index in [0.29, 0.717) is 10.8 Å². The Kier molecular flexibility index (Phi) is 2.81. The lowest BCUT2D eigenvalue weighted by Crippen LogP contribution is -2.56. The molecule has 0 amide bonds. The molecule has 2 unspecified atom stereocenters. The molecule has 3 nitrogen and oxygen atoms in total. The van der Waals surface area contributed by atoms with Crippen LogP contribution in [0.2, 0.25) is 0 Å². The average molecular weight is 271 g/mol. The van der Waals surface area contributed by atoms with Gasteiger partial charge in [0.25, 0.3) is 0 Å². The molecule has 1 aromatic heterocycles. The van der Waals surface area contributed by atoms with Crippen LogP contribution < -0.4 is 11.1 Å². The minimum Gasteiger partial charge on any atom is -0.383 e. The van der Waals surface area contributed by atoms with Crippen molar-refractivity contribution in [1.29, 1.82) is 0 Å². The summed E-state index contributed by atoms with van der Waals surface area (Å²) in [6.45, 7) is 2.00. The Morgan fingerprint density at radius 1 is 1.20 bits per heavy atom. The van der Waals surface area contributed by atoms with Gasteiger partial charge >= 0.3 is 0 Å². The van der Waals surface area contributed by atoms with Crippen molar-refractivity contribution in [3.63, 3.8) is 0 Å². The van der Waals surface area contributed by atoms with Gasteiger partial charge < -0.3 is 11.1 Å². The van der Waals surface area contributed by atoms with Crippen molar-refractivity contribution in [3.8, 4) is 0 Å². The van der Waals surface area contributed by atoms with Gasteiger partial charge in [0.05, 0.1) is 5.69 Å². The molecule has 5 rings (SSSR count). The molecule has 4 saturated carbocycles. The molecule has 2 atom stereocenters. The van der Waals surface area contributed by atoms with Crippen molar-refractivity contribution in [2.45, 2.75) is 38.5 Å². The summed E-state index contributed by atoms with van der Waals surface area (Å²) in [5.41, 5.74) is 8.29. The smallest absolute Gasteiger partial charge is 0.0526 e. The van der Waals surface area contributed by atoms with Crippen LogP contribution in [-0.4, -0.2) is 18.1 Å². The number of hydrogen-bond acceptors (Lipinski definition) is 3. The molecule has 0 aromatic carbocycles. The van der Waals surface area contributed by atoms with E-state index in [0.717, 1.165) is 30.6 Å². The zero-order chi connectivity index (χ0) is 13.6. The van der Waals surface area contributed by atoms with Crippen LogP contribution in [0.3, 0.4) is 0 Å². The zero-order valence-electron chi connectivity index (χ0n) is 12.1. The van der Waals surface area contributed by atoms with Gasteiger partial charge in [-0.05, 0) is 79.9 Å². The van der Waals surface area contributed by atoms with Crippen LogP contribution >= 0.6 is 0 Å². The second kappa shape index (κ2) is 4.45. The Balaban J connectivity index is 1.52. The van der Waals surface area contributed by atoms with Gasteiger partial charge in [-0.1, -0.05) is 0 Å². The van der Waals surface area contributed by atoms with E-state index < -0.39 is 0 Å². The van der Waals surface area contributed by atoms with Gasteiger partial charge in [0.1, 0.15) is 0 Å². The highest BCUT2D eigenvalue weighted by Crippen LogP contribution is 2.64. The van der Waals surface area contributed by atoms with E-state index in [1.54, 1.807) is 0 Å². The van der Waals surface area contributed by atoms with Gasteiger partial charge in [-0.15, -0.1) is 0 Å². The molecule has 3 heteroatoms. The van der Waals surface area contributed by atoms with Crippen LogP contribution in [0.4, 0.5) is 5.69 Å². The van der Waals surface area contributed by atoms with Gasteiger partial charge in [0.15, 0.2) is 0 Å². The summed E-state index contributed by atoms with van der Waals surface area (Å²) >= 11 is 0. The summed E-state index contributed by atoms with van der Waals surface area (Å²) in [6, 6.07) is 4.12. The van der Waals surface area contributed by atoms with E-state index >= 15 is 0 Å². The summed E-state index contributed by atoms with van der Waals surface area (Å²) in [4.78, 5) is 4.20. The molecule has 0 spiro atoms. The summed E-state index contributed by atoms with van der Waals surface area (Å²) < 4.78 is 0. The molecule has 4 fully saturated rings. The number of rotatable bonds is 4. The van der Waals surface area contributed by atoms with Crippen LogP contribution in [-0.2, 0) is 0 Å². The summed E-state index contributed by atoms with van der Waals surface area (Å²) in [6.07, 6.45) is 12.2. The average Bonchev–Trinajstić information content (AvgIpc) is 2.45. The first-order valence-corrected chi connectivity index (χ1v) is 8.05. The van der Waals surface area contributed by atoms with Crippen molar-refractivity contribution in [2.75, 3.05) is 18.4 Å². The first-order chi connectivity index (χ1) is 9.71. The molecule has 4 aliphatic rings. The molecule has 1 heterocycles. The molecule has 4 aliphatic carbocycles. The molecule has 0 aliphatic heterocycles. The first kappa shape index (κ1) is 12.6. The molecular formula is C17H25N3. The Labute approximate surface area is 121 Å². The number of nitrogens with two attached hydrogens (primary N) is 1. The Morgan fingerprint density at radius 2 is 1.95 bits per heavy atom. The van der Waals surface area contributed by atoms with Crippen LogP contribution in [0.5, 0.6) is 0 Å². The predicted molar refractivity (Wildman–Crippen MR) is 81.3 cm³/mol. The highest BCUT2D eigenvalue weighted by molar-refractivity contribution is 5.40. The minimum atomic E-state index is 0.473. The Bertz CT molecular complexity index is 470. The van der Waals surface area contributed by atoms with Crippen LogP contribution in [0.1, 0.15) is 38.5 Å². The van der Waals surface area contributed by atoms with E-state index in [2.05, 4.69) is 16.4 Å². The molecule has 108 valence electrons. The number of anilines is 1. The van der Waals surface area contributed by atoms with E-state index in [9.17, 15) is 0 Å². The fourth-order valence-corrected chi connectivity index (χ4v) is 5.85. The molecule has 1 aromatic rings. The lowest BCUT2D eigenvalue weighted by Gasteiger charge is -2.62. The Hall–Kier alpha value is -1.09. The third-order valence-corrected chi connectivity index (χ3v) is 6.07. The number of pyridine rings is 1. The largest absolute Gasteiger partial charge is 0.383 e. The van der Waals surface area contributed by atoms with Gasteiger partial charge in [0.2, 0.25) is 0 Å². The number of aromatic nitrogens is 1. The standard InChI is InChI=1S/C17H25N3/c18-11-16-5-13-4-14(6-16)8-17(7-13,10-16)12-20-15-2-1-3-19-9-15/h1-3,9,13-14,20H,4-8,10-12,18H2. The third kappa shape index (κ3) is 2.03. The van der Waals surface area contributed by atoms with Gasteiger partial charge in [-0.2, -0.15) is 0 Å². The highest BCUT2D eigenvalue weighted by Gasteiger charge is 2.56. The summed E-state index contributed by atoms with van der Waals surface area (Å²) in [7, 11) is 0. The first-order valence-electron chi connectivity index (χ1n) is 8.05. The zero-order valence-corrected chi connectivity index (χ0v) is 12.1. The number of nitrogens with zero attached hydrogens (tertiary/aromatic N) is 1. The SMILES string of the molecule is NCC12CC3CC(C1)CC(CNc1cccnc1)(C3)C2. The maximum atomic E-state index is 6.16. The van der Waals surface area contributed by atoms with Gasteiger partial charge in [0, 0.05) is 18.9 Å². The lowest BCUT2D eigenvalue weighted by atomic mass is 9.44. The van der Waals surface area contributed by atoms with Crippen molar-refractivity contribution in [2.24, 2.45) is 28.4 Å². The topological polar surface area (TPSA) is 50.9 Å². The van der Waals surface area contributed by atoms with Crippen LogP contribution in [0, 0.1) is 22.7 Å². The fourth-order valence-electron chi connectivity index (χ4n) is 5.85.